The molecule has 0 radical (unpaired) electrons. The third-order valence-electron chi connectivity index (χ3n) is 7.06. The summed E-state index contributed by atoms with van der Waals surface area (Å²) in [4.78, 5) is 19.2. The van der Waals surface area contributed by atoms with E-state index in [1.54, 1.807) is 26.1 Å². The molecule has 1 aliphatic heterocycles. The lowest BCUT2D eigenvalue weighted by atomic mass is 9.99. The Kier molecular flexibility index (Phi) is 8.78. The molecule has 41 heavy (non-hydrogen) atoms. The quantitative estimate of drug-likeness (QED) is 0.376. The van der Waals surface area contributed by atoms with Gasteiger partial charge in [-0.3, -0.25) is 9.52 Å². The number of nitrogens with one attached hydrogen (secondary N) is 1. The lowest BCUT2D eigenvalue weighted by Crippen LogP contribution is -2.50. The van der Waals surface area contributed by atoms with Crippen molar-refractivity contribution >= 4 is 31.6 Å². The van der Waals surface area contributed by atoms with Gasteiger partial charge in [0, 0.05) is 32.8 Å². The van der Waals surface area contributed by atoms with Crippen LogP contribution in [0.4, 0.5) is 5.69 Å². The van der Waals surface area contributed by atoms with E-state index in [0.29, 0.717) is 0 Å². The predicted molar refractivity (Wildman–Crippen MR) is 153 cm³/mol. The van der Waals surface area contributed by atoms with Crippen LogP contribution in [0.2, 0.25) is 0 Å². The summed E-state index contributed by atoms with van der Waals surface area (Å²) in [5.74, 6) is -0.895. The van der Waals surface area contributed by atoms with Gasteiger partial charge in [-0.1, -0.05) is 30.7 Å². The molecule has 1 aromatic heterocycles. The largest absolute Gasteiger partial charge is 0.486 e. The van der Waals surface area contributed by atoms with E-state index in [1.165, 1.54) is 63.7 Å². The number of nitrogens with zero attached hydrogens (tertiary/aromatic N) is 4. The second-order valence-electron chi connectivity index (χ2n) is 10.4. The number of likely N-dealkylation sites (N-methyl/N-ethyl adjacent to an activating group) is 1. The molecule has 0 aliphatic carbocycles. The summed E-state index contributed by atoms with van der Waals surface area (Å²) < 4.78 is 64.5. The third kappa shape index (κ3) is 6.40. The maximum atomic E-state index is 13.7. The van der Waals surface area contributed by atoms with Gasteiger partial charge in [-0.2, -0.15) is 12.7 Å². The van der Waals surface area contributed by atoms with Crippen molar-refractivity contribution in [3.63, 3.8) is 0 Å². The zero-order chi connectivity index (χ0) is 30.1. The number of aryl methyl sites for hydroxylation is 2. The molecule has 3 aromatic rings. The molecule has 2 aromatic carbocycles. The smallest absolute Gasteiger partial charge is 0.281 e. The van der Waals surface area contributed by atoms with Crippen LogP contribution in [0.15, 0.2) is 64.9 Å². The molecule has 2 heterocycles. The number of sulfonamides is 2. The number of aliphatic hydroxyl groups excluding tert-OH is 1. The van der Waals surface area contributed by atoms with Gasteiger partial charge in [-0.05, 0) is 38.1 Å². The van der Waals surface area contributed by atoms with Crippen LogP contribution < -0.4 is 9.46 Å². The predicted octanol–water partition coefficient (Wildman–Crippen LogP) is 2.07. The first-order chi connectivity index (χ1) is 19.2. The number of hydrogen-bond acceptors (Lipinski definition) is 8. The minimum atomic E-state index is -4.15. The Bertz CT molecular complexity index is 1620. The van der Waals surface area contributed by atoms with Crippen LogP contribution in [0.3, 0.4) is 0 Å². The number of aromatic nitrogens is 2. The first-order valence-electron chi connectivity index (χ1n) is 13.0. The average Bonchev–Trinajstić information content (AvgIpc) is 3.38. The summed E-state index contributed by atoms with van der Waals surface area (Å²) in [7, 11) is -4.95. The van der Waals surface area contributed by atoms with Crippen molar-refractivity contribution < 1.29 is 31.5 Å². The summed E-state index contributed by atoms with van der Waals surface area (Å²) in [5.41, 5.74) is 0.998. The average molecular weight is 606 g/mol. The fraction of sp³-hybridized carbons (Fsp3) is 0.407. The Hall–Kier alpha value is -3.46. The lowest BCUT2D eigenvalue weighted by Gasteiger charge is -2.38. The minimum Gasteiger partial charge on any atom is -0.486 e. The van der Waals surface area contributed by atoms with E-state index < -0.39 is 44.0 Å². The number of rotatable bonds is 9. The molecule has 0 saturated carbocycles. The van der Waals surface area contributed by atoms with E-state index in [-0.39, 0.29) is 46.6 Å². The monoisotopic (exact) mass is 605 g/mol. The van der Waals surface area contributed by atoms with Gasteiger partial charge >= 0.3 is 0 Å². The highest BCUT2D eigenvalue weighted by atomic mass is 32.2. The first kappa shape index (κ1) is 30.5. The molecule has 0 fully saturated rings. The number of carbonyl (C=O) groups is 1. The van der Waals surface area contributed by atoms with Gasteiger partial charge in [-0.15, -0.1) is 0 Å². The van der Waals surface area contributed by atoms with Gasteiger partial charge in [0.05, 0.1) is 41.7 Å². The number of fused-ring (bicyclic) bond motifs is 1. The number of amides is 1. The molecule has 12 nitrogen and oxygen atoms in total. The molecule has 0 bridgehead atoms. The molecule has 3 atom stereocenters. The number of anilines is 1. The van der Waals surface area contributed by atoms with Crippen LogP contribution in [0.1, 0.15) is 29.8 Å². The molecule has 0 unspecified atom stereocenters. The fourth-order valence-electron chi connectivity index (χ4n) is 4.51. The number of ether oxygens (including phenoxy) is 1. The zero-order valence-corrected chi connectivity index (χ0v) is 25.2. The van der Waals surface area contributed by atoms with E-state index in [4.69, 9.17) is 4.74 Å². The van der Waals surface area contributed by atoms with Crippen molar-refractivity contribution in [3.8, 4) is 5.75 Å². The summed E-state index contributed by atoms with van der Waals surface area (Å²) in [6.07, 6.45) is 1.89. The summed E-state index contributed by atoms with van der Waals surface area (Å²) in [6.45, 7) is 5.16. The second kappa shape index (κ2) is 11.8. The van der Waals surface area contributed by atoms with E-state index in [2.05, 4.69) is 9.71 Å². The highest BCUT2D eigenvalue weighted by Crippen LogP contribution is 2.36. The summed E-state index contributed by atoms with van der Waals surface area (Å²) in [5, 5.41) is 9.66. The van der Waals surface area contributed by atoms with E-state index in [9.17, 15) is 26.7 Å². The molecule has 14 heteroatoms. The van der Waals surface area contributed by atoms with E-state index in [0.717, 1.165) is 5.56 Å². The standard InChI is InChI=1S/C27H35N5O7S2/c1-18-9-11-21(12-10-18)41(37,38)31(5)14-24-19(2)13-32(20(3)16-33)27(34)22-7-6-8-23(26(22)39-24)29-40(35,36)25-15-30(4)17-28-25/h6-12,15,17,19-20,24,29,33H,13-14,16H2,1-5H3/t19-,20+,24+/m0/s1. The SMILES string of the molecule is Cc1ccc(S(=O)(=O)N(C)C[C@H]2Oc3c(NS(=O)(=O)c4cn(C)cn4)cccc3C(=O)N([C@H](C)CO)C[C@@H]2C)cc1. The molecule has 0 spiro atoms. The molecule has 1 amide bonds. The molecule has 222 valence electrons. The van der Waals surface area contributed by atoms with Gasteiger partial charge in [0.25, 0.3) is 15.9 Å². The van der Waals surface area contributed by atoms with E-state index >= 15 is 0 Å². The van der Waals surface area contributed by atoms with Crippen molar-refractivity contribution in [1.82, 2.24) is 18.8 Å². The lowest BCUT2D eigenvalue weighted by molar-refractivity contribution is 0.0389. The van der Waals surface area contributed by atoms with Crippen molar-refractivity contribution in [2.75, 3.05) is 31.5 Å². The molecule has 1 aliphatic rings. The fourth-order valence-corrected chi connectivity index (χ4v) is 6.74. The summed E-state index contributed by atoms with van der Waals surface area (Å²) in [6, 6.07) is 10.4. The summed E-state index contributed by atoms with van der Waals surface area (Å²) >= 11 is 0. The van der Waals surface area contributed by atoms with Crippen LogP contribution >= 0.6 is 0 Å². The molecular formula is C27H35N5O7S2. The zero-order valence-electron chi connectivity index (χ0n) is 23.6. The topological polar surface area (TPSA) is 151 Å². The van der Waals surface area contributed by atoms with Crippen LogP contribution in [0.5, 0.6) is 5.75 Å². The number of aliphatic hydroxyl groups is 1. The van der Waals surface area contributed by atoms with Crippen LogP contribution in [-0.4, -0.2) is 85.5 Å². The van der Waals surface area contributed by atoms with Crippen molar-refractivity contribution in [2.24, 2.45) is 13.0 Å². The number of imidazole rings is 1. The number of carbonyl (C=O) groups excluding carboxylic acids is 1. The second-order valence-corrected chi connectivity index (χ2v) is 14.1. The van der Waals surface area contributed by atoms with Gasteiger partial charge < -0.3 is 19.3 Å². The Morgan fingerprint density at radius 2 is 1.85 bits per heavy atom. The maximum absolute atomic E-state index is 13.7. The third-order valence-corrected chi connectivity index (χ3v) is 10.1. The number of para-hydroxylation sites is 1. The number of benzene rings is 2. The van der Waals surface area contributed by atoms with Crippen molar-refractivity contribution in [2.45, 2.75) is 42.8 Å². The van der Waals surface area contributed by atoms with Crippen LogP contribution in [-0.2, 0) is 27.1 Å². The number of hydrogen-bond donors (Lipinski definition) is 2. The minimum absolute atomic E-state index is 0.00116. The Labute approximate surface area is 240 Å². The van der Waals surface area contributed by atoms with E-state index in [1.807, 2.05) is 13.8 Å². The highest BCUT2D eigenvalue weighted by Gasteiger charge is 2.36. The molecule has 4 rings (SSSR count). The Morgan fingerprint density at radius 1 is 1.17 bits per heavy atom. The Balaban J connectivity index is 1.76. The molecular weight excluding hydrogens is 570 g/mol. The van der Waals surface area contributed by atoms with Crippen molar-refractivity contribution in [3.05, 3.63) is 66.1 Å². The van der Waals surface area contributed by atoms with Crippen LogP contribution in [0, 0.1) is 12.8 Å². The maximum Gasteiger partial charge on any atom is 0.281 e. The Morgan fingerprint density at radius 3 is 2.46 bits per heavy atom. The first-order valence-corrected chi connectivity index (χ1v) is 15.9. The molecule has 2 N–H and O–H groups in total. The van der Waals surface area contributed by atoms with Gasteiger partial charge in [0.15, 0.2) is 10.8 Å². The van der Waals surface area contributed by atoms with Gasteiger partial charge in [0.2, 0.25) is 10.0 Å². The van der Waals surface area contributed by atoms with Crippen molar-refractivity contribution in [1.29, 1.82) is 0 Å². The highest BCUT2D eigenvalue weighted by molar-refractivity contribution is 7.92. The van der Waals surface area contributed by atoms with Gasteiger partial charge in [-0.25, -0.2) is 13.4 Å². The van der Waals surface area contributed by atoms with Gasteiger partial charge in [0.1, 0.15) is 6.10 Å². The normalized spacial score (nSPS) is 18.8. The molecule has 0 saturated heterocycles. The van der Waals surface area contributed by atoms with Crippen LogP contribution in [0.25, 0.3) is 0 Å².